The number of aliphatic hydroxyl groups excluding tert-OH is 5. The highest BCUT2D eigenvalue weighted by molar-refractivity contribution is 5.79. The maximum atomic E-state index is 11.9. The van der Waals surface area contributed by atoms with Crippen LogP contribution in [0.1, 0.15) is 324 Å². The van der Waals surface area contributed by atoms with E-state index in [-0.39, 0.29) is 36.2 Å². The van der Waals surface area contributed by atoms with E-state index >= 15 is 0 Å². The minimum absolute atomic E-state index is 0.0451. The highest BCUT2D eigenvalue weighted by atomic mass is 16.5. The van der Waals surface area contributed by atoms with Gasteiger partial charge in [-0.2, -0.15) is 0 Å². The van der Waals surface area contributed by atoms with Crippen molar-refractivity contribution in [2.45, 2.75) is 296 Å². The summed E-state index contributed by atoms with van der Waals surface area (Å²) in [6.45, 7) is 13.3. The van der Waals surface area contributed by atoms with Gasteiger partial charge in [0.1, 0.15) is 46.9 Å². The van der Waals surface area contributed by atoms with Crippen molar-refractivity contribution in [1.29, 1.82) is 0 Å². The first kappa shape index (κ1) is 93.6. The second-order valence-corrected chi connectivity index (χ2v) is 32.0. The number of rotatable bonds is 44. The van der Waals surface area contributed by atoms with Gasteiger partial charge < -0.3 is 73.0 Å². The summed E-state index contributed by atoms with van der Waals surface area (Å²) in [7, 11) is 1.62. The Kier molecular flexibility index (Phi) is 48.7. The highest BCUT2D eigenvalue weighted by Gasteiger charge is 2.21. The Labute approximate surface area is 668 Å². The Balaban J connectivity index is 0.000000219. The fourth-order valence-electron chi connectivity index (χ4n) is 15.3. The van der Waals surface area contributed by atoms with Crippen molar-refractivity contribution in [2.75, 3.05) is 73.2 Å². The first-order chi connectivity index (χ1) is 54.1. The summed E-state index contributed by atoms with van der Waals surface area (Å²) in [5.41, 5.74) is 4.55. The molecule has 0 bridgehead atoms. The minimum Gasteiger partial charge on any atom is -0.493 e. The van der Waals surface area contributed by atoms with E-state index in [1.807, 2.05) is 121 Å². The van der Waals surface area contributed by atoms with E-state index in [1.54, 1.807) is 21.0 Å². The first-order valence-electron chi connectivity index (χ1n) is 43.3. The molecule has 5 aromatic carbocycles. The fourth-order valence-corrected chi connectivity index (χ4v) is 15.3. The van der Waals surface area contributed by atoms with Crippen molar-refractivity contribution in [3.63, 3.8) is 0 Å². The lowest BCUT2D eigenvalue weighted by atomic mass is 9.90. The Morgan fingerprint density at radius 3 is 0.838 bits per heavy atom. The lowest BCUT2D eigenvalue weighted by Crippen LogP contribution is -2.15. The van der Waals surface area contributed by atoms with E-state index in [0.717, 1.165) is 140 Å². The lowest BCUT2D eigenvalue weighted by molar-refractivity contribution is -0.124. The standard InChI is InChI=1S/C24H38O6.2C19H28O3.C17H26O2.C16H24O2/c1-27-13-14-28-15-16-29-19-22(25)10-6-12-24(26)21-9-5-11-23(17-21)30-18-20-7-3-2-4-8-20;2*1-15(20)7-5-12-19(21)17-10-6-11-18(13-17)22-14-16-8-3-2-4-9-16;1-2-7-17(18)15-10-6-11-16(12-15)19-13-14-8-4-3-5-9-14;1-2-6-16(17)14-9-5-10-15(11-14)18-12-13-7-3-4-8-13/h5,9,11,17,20,24,26H,2-4,6-8,10,12-16,18-19H2,1H3;2*6,10-11,13,16,19,21H,2-5,7-9,12,14H2,1H3;6,10-12,14,17-18H,2-5,7-9,13H2,1H3;5,9-11,13,16-17H,2-4,6-8,12H2,1H3/t;19-;;;/m.1.../s1. The van der Waals surface area contributed by atoms with Crippen LogP contribution in [-0.4, -0.2) is 116 Å². The van der Waals surface area contributed by atoms with Crippen LogP contribution in [0, 0.1) is 29.6 Å². The van der Waals surface area contributed by atoms with Crippen LogP contribution < -0.4 is 23.7 Å². The SMILES string of the molecule is CC(=O)CCCC(O)c1cccc(OCC2CCCCC2)c1.CC(=O)CCC[C@@H](O)c1cccc(OCC2CCCCC2)c1.CCCC(O)c1cccc(OCC2CCCC2)c1.CCCC(O)c1cccc(OCC2CCCCC2)c1.COCCOCCOCC(=O)CCCC(O)c1cccc(OCC2CCCCC2)c1. The lowest BCUT2D eigenvalue weighted by Gasteiger charge is -2.22. The van der Waals surface area contributed by atoms with Crippen LogP contribution in [0.4, 0.5) is 0 Å². The zero-order valence-corrected chi connectivity index (χ0v) is 68.8. The van der Waals surface area contributed by atoms with Gasteiger partial charge in [-0.1, -0.05) is 177 Å². The summed E-state index contributed by atoms with van der Waals surface area (Å²) in [5, 5.41) is 50.9. The Bertz CT molecular complexity index is 3130. The van der Waals surface area contributed by atoms with Gasteiger partial charge in [0, 0.05) is 26.4 Å². The molecule has 620 valence electrons. The summed E-state index contributed by atoms with van der Waals surface area (Å²) >= 11 is 0. The largest absolute Gasteiger partial charge is 0.493 e. The predicted octanol–water partition coefficient (Wildman–Crippen LogP) is 21.5. The summed E-state index contributed by atoms with van der Waals surface area (Å²) in [6.07, 6.45) is 38.1. The molecule has 5 fully saturated rings. The molecule has 5 aliphatic rings. The molecule has 0 aromatic heterocycles. The normalized spacial score (nSPS) is 17.1. The second-order valence-electron chi connectivity index (χ2n) is 32.0. The molecule has 0 radical (unpaired) electrons. The van der Waals surface area contributed by atoms with Crippen molar-refractivity contribution in [3.05, 3.63) is 149 Å². The molecule has 0 saturated heterocycles. The van der Waals surface area contributed by atoms with E-state index in [0.29, 0.717) is 89.1 Å². The van der Waals surface area contributed by atoms with Crippen molar-refractivity contribution < 1.29 is 77.8 Å². The smallest absolute Gasteiger partial charge is 0.158 e. The Hall–Kier alpha value is -6.21. The average Bonchev–Trinajstić information content (AvgIpc) is 1.58. The fraction of sp³-hybridized carbons (Fsp3) is 0.653. The molecule has 0 aliphatic heterocycles. The van der Waals surface area contributed by atoms with Crippen LogP contribution in [0.15, 0.2) is 121 Å². The molecule has 5 aromatic rings. The number of aliphatic hydroxyl groups is 5. The Morgan fingerprint density at radius 2 is 0.577 bits per heavy atom. The zero-order chi connectivity index (χ0) is 79.3. The van der Waals surface area contributed by atoms with E-state index < -0.39 is 18.3 Å². The zero-order valence-electron chi connectivity index (χ0n) is 68.8. The molecule has 5 atom stereocenters. The van der Waals surface area contributed by atoms with Gasteiger partial charge >= 0.3 is 0 Å². The number of benzene rings is 5. The third kappa shape index (κ3) is 41.6. The van der Waals surface area contributed by atoms with E-state index in [2.05, 4.69) is 13.8 Å². The highest BCUT2D eigenvalue weighted by Crippen LogP contribution is 2.34. The van der Waals surface area contributed by atoms with Crippen LogP contribution in [-0.2, 0) is 28.6 Å². The van der Waals surface area contributed by atoms with Gasteiger partial charge in [-0.25, -0.2) is 0 Å². The molecule has 5 N–H and O–H groups in total. The molecule has 5 aliphatic carbocycles. The van der Waals surface area contributed by atoms with Crippen molar-refractivity contribution in [3.8, 4) is 28.7 Å². The molecular formula is C95H144O16. The quantitative estimate of drug-likeness (QED) is 0.0229. The van der Waals surface area contributed by atoms with Gasteiger partial charge in [-0.15, -0.1) is 0 Å². The molecule has 16 heteroatoms. The van der Waals surface area contributed by atoms with Crippen LogP contribution in [0.5, 0.6) is 28.7 Å². The molecule has 10 rings (SSSR count). The summed E-state index contributed by atoms with van der Waals surface area (Å²) in [4.78, 5) is 33.8. The van der Waals surface area contributed by atoms with Crippen molar-refractivity contribution >= 4 is 17.3 Å². The Morgan fingerprint density at radius 1 is 0.333 bits per heavy atom. The second kappa shape index (κ2) is 57.8. The number of Topliss-reactive ketones (excluding diaryl/α,β-unsaturated/α-hetero) is 3. The van der Waals surface area contributed by atoms with Gasteiger partial charge in [-0.05, 0) is 247 Å². The average molecular weight is 1540 g/mol. The predicted molar refractivity (Wildman–Crippen MR) is 444 cm³/mol. The van der Waals surface area contributed by atoms with Gasteiger partial charge in [0.25, 0.3) is 0 Å². The number of carbonyl (C=O) groups excluding carboxylic acids is 3. The number of hydrogen-bond donors (Lipinski definition) is 5. The minimum atomic E-state index is -0.592. The summed E-state index contributed by atoms with van der Waals surface area (Å²) in [5.74, 6) is 8.15. The number of methoxy groups -OCH3 is 1. The maximum Gasteiger partial charge on any atom is 0.158 e. The van der Waals surface area contributed by atoms with Crippen molar-refractivity contribution in [1.82, 2.24) is 0 Å². The van der Waals surface area contributed by atoms with Crippen molar-refractivity contribution in [2.24, 2.45) is 29.6 Å². The van der Waals surface area contributed by atoms with Crippen LogP contribution in [0.2, 0.25) is 0 Å². The molecule has 5 saturated carbocycles. The molecule has 0 heterocycles. The topological polar surface area (TPSA) is 226 Å². The first-order valence-corrected chi connectivity index (χ1v) is 43.3. The summed E-state index contributed by atoms with van der Waals surface area (Å²) < 4.78 is 45.0. The van der Waals surface area contributed by atoms with Gasteiger partial charge in [0.05, 0.1) is 90.0 Å². The third-order valence-electron chi connectivity index (χ3n) is 22.2. The molecule has 0 amide bonds. The van der Waals surface area contributed by atoms with E-state index in [9.17, 15) is 39.9 Å². The molecule has 16 nitrogen and oxygen atoms in total. The third-order valence-corrected chi connectivity index (χ3v) is 22.2. The number of ether oxygens (including phenoxy) is 8. The molecule has 0 spiro atoms. The molecule has 4 unspecified atom stereocenters. The van der Waals surface area contributed by atoms with E-state index in [4.69, 9.17) is 37.9 Å². The van der Waals surface area contributed by atoms with Crippen LogP contribution in [0.25, 0.3) is 0 Å². The van der Waals surface area contributed by atoms with Crippen LogP contribution in [0.3, 0.4) is 0 Å². The van der Waals surface area contributed by atoms with Gasteiger partial charge in [0.15, 0.2) is 5.78 Å². The molecule has 111 heavy (non-hydrogen) atoms. The monoisotopic (exact) mass is 1540 g/mol. The summed E-state index contributed by atoms with van der Waals surface area (Å²) in [6, 6.07) is 39.0. The number of ketones is 3. The van der Waals surface area contributed by atoms with E-state index in [1.165, 1.54) is 154 Å². The van der Waals surface area contributed by atoms with Gasteiger partial charge in [-0.3, -0.25) is 4.79 Å². The van der Waals surface area contributed by atoms with Crippen LogP contribution >= 0.6 is 0 Å². The molecular weight excluding hydrogens is 1400 g/mol. The number of carbonyl (C=O) groups is 3. The maximum absolute atomic E-state index is 11.9. The van der Waals surface area contributed by atoms with Gasteiger partial charge in [0.2, 0.25) is 0 Å². The number of hydrogen-bond acceptors (Lipinski definition) is 16.